The van der Waals surface area contributed by atoms with E-state index in [-0.39, 0.29) is 10.6 Å². The van der Waals surface area contributed by atoms with Crippen molar-refractivity contribution >= 4 is 38.5 Å². The molecule has 0 bridgehead atoms. The van der Waals surface area contributed by atoms with Crippen molar-refractivity contribution in [3.8, 4) is 5.75 Å². The quantitative estimate of drug-likeness (QED) is 0.474. The molecule has 0 aromatic heterocycles. The third-order valence-corrected chi connectivity index (χ3v) is 4.90. The molecule has 0 spiro atoms. The standard InChI is InChI=1S/C15H13BrFIO/c1-9-7-10(3-6-14(9)19-2)15(16)12-5-4-11(17)8-13(12)18/h3-8,15H,1-2H3. The first-order chi connectivity index (χ1) is 9.02. The summed E-state index contributed by atoms with van der Waals surface area (Å²) in [6, 6.07) is 10.9. The third kappa shape index (κ3) is 3.28. The number of hydrogen-bond donors (Lipinski definition) is 0. The molecular weight excluding hydrogens is 422 g/mol. The molecule has 100 valence electrons. The first-order valence-electron chi connectivity index (χ1n) is 5.76. The van der Waals surface area contributed by atoms with Crippen molar-refractivity contribution < 1.29 is 9.13 Å². The van der Waals surface area contributed by atoms with Gasteiger partial charge in [-0.2, -0.15) is 0 Å². The summed E-state index contributed by atoms with van der Waals surface area (Å²) < 4.78 is 19.3. The lowest BCUT2D eigenvalue weighted by Crippen LogP contribution is -1.98. The summed E-state index contributed by atoms with van der Waals surface area (Å²) >= 11 is 5.84. The van der Waals surface area contributed by atoms with Gasteiger partial charge in [0.25, 0.3) is 0 Å². The normalized spacial score (nSPS) is 12.3. The molecule has 1 atom stereocenters. The van der Waals surface area contributed by atoms with E-state index in [1.165, 1.54) is 6.07 Å². The van der Waals surface area contributed by atoms with Gasteiger partial charge in [-0.3, -0.25) is 0 Å². The van der Waals surface area contributed by atoms with Crippen LogP contribution in [0.4, 0.5) is 4.39 Å². The van der Waals surface area contributed by atoms with Gasteiger partial charge < -0.3 is 4.74 Å². The summed E-state index contributed by atoms with van der Waals surface area (Å²) in [5.74, 6) is 0.663. The molecule has 2 rings (SSSR count). The van der Waals surface area contributed by atoms with E-state index in [9.17, 15) is 4.39 Å². The fourth-order valence-corrected chi connectivity index (χ4v) is 3.85. The van der Waals surface area contributed by atoms with Gasteiger partial charge in [0.05, 0.1) is 11.9 Å². The molecule has 0 fully saturated rings. The van der Waals surface area contributed by atoms with E-state index in [0.29, 0.717) is 0 Å². The summed E-state index contributed by atoms with van der Waals surface area (Å²) in [7, 11) is 1.66. The zero-order valence-corrected chi connectivity index (χ0v) is 14.3. The van der Waals surface area contributed by atoms with Gasteiger partial charge >= 0.3 is 0 Å². The molecule has 0 aliphatic carbocycles. The molecule has 0 aliphatic heterocycles. The SMILES string of the molecule is COc1ccc(C(Br)c2ccc(F)cc2I)cc1C. The summed E-state index contributed by atoms with van der Waals surface area (Å²) in [6.45, 7) is 2.01. The second-order valence-electron chi connectivity index (χ2n) is 4.26. The van der Waals surface area contributed by atoms with E-state index < -0.39 is 0 Å². The predicted octanol–water partition coefficient (Wildman–Crippen LogP) is 5.23. The fraction of sp³-hybridized carbons (Fsp3) is 0.200. The average Bonchev–Trinajstić information content (AvgIpc) is 2.38. The van der Waals surface area contributed by atoms with Crippen molar-refractivity contribution in [2.75, 3.05) is 7.11 Å². The Morgan fingerprint density at radius 1 is 1.21 bits per heavy atom. The lowest BCUT2D eigenvalue weighted by atomic mass is 10.0. The topological polar surface area (TPSA) is 9.23 Å². The van der Waals surface area contributed by atoms with Gasteiger partial charge in [-0.15, -0.1) is 0 Å². The van der Waals surface area contributed by atoms with Crippen LogP contribution in [-0.2, 0) is 0 Å². The monoisotopic (exact) mass is 434 g/mol. The minimum Gasteiger partial charge on any atom is -0.496 e. The Hall–Kier alpha value is -0.620. The van der Waals surface area contributed by atoms with Gasteiger partial charge in [0.2, 0.25) is 0 Å². The molecule has 0 heterocycles. The van der Waals surface area contributed by atoms with Crippen LogP contribution in [-0.4, -0.2) is 7.11 Å². The van der Waals surface area contributed by atoms with Crippen LogP contribution in [0.1, 0.15) is 21.5 Å². The van der Waals surface area contributed by atoms with Gasteiger partial charge in [-0.25, -0.2) is 4.39 Å². The molecule has 1 nitrogen and oxygen atoms in total. The highest BCUT2D eigenvalue weighted by molar-refractivity contribution is 14.1. The summed E-state index contributed by atoms with van der Waals surface area (Å²) in [4.78, 5) is 0.0459. The highest BCUT2D eigenvalue weighted by atomic mass is 127. The van der Waals surface area contributed by atoms with E-state index in [1.807, 2.05) is 25.1 Å². The van der Waals surface area contributed by atoms with Crippen molar-refractivity contribution in [2.45, 2.75) is 11.8 Å². The van der Waals surface area contributed by atoms with Crippen LogP contribution < -0.4 is 4.74 Å². The molecule has 0 saturated carbocycles. The maximum absolute atomic E-state index is 13.1. The smallest absolute Gasteiger partial charge is 0.124 e. The Morgan fingerprint density at radius 2 is 1.95 bits per heavy atom. The zero-order chi connectivity index (χ0) is 14.0. The van der Waals surface area contributed by atoms with Crippen LogP contribution in [0.5, 0.6) is 5.75 Å². The number of aryl methyl sites for hydroxylation is 1. The van der Waals surface area contributed by atoms with Crippen molar-refractivity contribution in [2.24, 2.45) is 0 Å². The zero-order valence-electron chi connectivity index (χ0n) is 10.6. The molecule has 0 amide bonds. The van der Waals surface area contributed by atoms with E-state index in [1.54, 1.807) is 13.2 Å². The van der Waals surface area contributed by atoms with Gasteiger partial charge in [0.15, 0.2) is 0 Å². The van der Waals surface area contributed by atoms with Crippen molar-refractivity contribution in [1.29, 1.82) is 0 Å². The lowest BCUT2D eigenvalue weighted by Gasteiger charge is -2.15. The van der Waals surface area contributed by atoms with Gasteiger partial charge in [0.1, 0.15) is 11.6 Å². The largest absolute Gasteiger partial charge is 0.496 e. The van der Waals surface area contributed by atoms with Gasteiger partial charge in [0, 0.05) is 3.57 Å². The second-order valence-corrected chi connectivity index (χ2v) is 6.34. The fourth-order valence-electron chi connectivity index (χ4n) is 1.95. The average molecular weight is 435 g/mol. The molecule has 0 radical (unpaired) electrons. The summed E-state index contributed by atoms with van der Waals surface area (Å²) in [5.41, 5.74) is 3.27. The highest BCUT2D eigenvalue weighted by Gasteiger charge is 2.15. The van der Waals surface area contributed by atoms with E-state index in [0.717, 1.165) is 26.0 Å². The van der Waals surface area contributed by atoms with Crippen LogP contribution in [0.15, 0.2) is 36.4 Å². The van der Waals surface area contributed by atoms with Gasteiger partial charge in [-0.1, -0.05) is 34.1 Å². The second kappa shape index (κ2) is 6.22. The number of ether oxygens (including phenoxy) is 1. The van der Waals surface area contributed by atoms with Gasteiger partial charge in [-0.05, 0) is 64.4 Å². The Morgan fingerprint density at radius 3 is 2.53 bits per heavy atom. The first-order valence-corrected chi connectivity index (χ1v) is 7.76. The summed E-state index contributed by atoms with van der Waals surface area (Å²) in [6.07, 6.45) is 0. The molecule has 1 unspecified atom stereocenters. The molecule has 0 N–H and O–H groups in total. The van der Waals surface area contributed by atoms with Crippen LogP contribution in [0.25, 0.3) is 0 Å². The number of alkyl halides is 1. The Bertz CT molecular complexity index is 601. The molecule has 0 saturated heterocycles. The van der Waals surface area contributed by atoms with Crippen LogP contribution in [0, 0.1) is 16.3 Å². The van der Waals surface area contributed by atoms with Crippen molar-refractivity contribution in [3.63, 3.8) is 0 Å². The highest BCUT2D eigenvalue weighted by Crippen LogP contribution is 2.35. The minimum absolute atomic E-state index is 0.0459. The predicted molar refractivity (Wildman–Crippen MR) is 87.6 cm³/mol. The molecular formula is C15H13BrFIO. The number of methoxy groups -OCH3 is 1. The Labute approximate surface area is 134 Å². The third-order valence-electron chi connectivity index (χ3n) is 2.95. The molecule has 2 aromatic rings. The lowest BCUT2D eigenvalue weighted by molar-refractivity contribution is 0.411. The number of hydrogen-bond acceptors (Lipinski definition) is 1. The first kappa shape index (κ1) is 14.8. The molecule has 0 aliphatic rings. The summed E-state index contributed by atoms with van der Waals surface area (Å²) in [5, 5.41) is 0. The van der Waals surface area contributed by atoms with E-state index >= 15 is 0 Å². The molecule has 19 heavy (non-hydrogen) atoms. The maximum Gasteiger partial charge on any atom is 0.124 e. The number of halogens is 3. The van der Waals surface area contributed by atoms with Crippen LogP contribution in [0.2, 0.25) is 0 Å². The molecule has 4 heteroatoms. The Balaban J connectivity index is 2.38. The van der Waals surface area contributed by atoms with Crippen LogP contribution in [0.3, 0.4) is 0 Å². The van der Waals surface area contributed by atoms with Crippen LogP contribution >= 0.6 is 38.5 Å². The minimum atomic E-state index is -0.209. The maximum atomic E-state index is 13.1. The van der Waals surface area contributed by atoms with E-state index in [4.69, 9.17) is 4.74 Å². The van der Waals surface area contributed by atoms with Crippen molar-refractivity contribution in [3.05, 3.63) is 62.5 Å². The van der Waals surface area contributed by atoms with Crippen molar-refractivity contribution in [1.82, 2.24) is 0 Å². The number of rotatable bonds is 3. The molecule has 2 aromatic carbocycles. The van der Waals surface area contributed by atoms with E-state index in [2.05, 4.69) is 44.6 Å². The number of benzene rings is 2. The Kier molecular flexibility index (Phi) is 4.84.